The molecule has 0 aliphatic carbocycles. The average Bonchev–Trinajstić information content (AvgIpc) is 2.85. The molecule has 0 spiro atoms. The number of ether oxygens (including phenoxy) is 1. The largest absolute Gasteiger partial charge is 0.371 e. The number of rotatable bonds is 3. The molecule has 0 bridgehead atoms. The number of aromatic nitrogens is 5. The fraction of sp³-hybridized carbons (Fsp3) is 0.500. The third kappa shape index (κ3) is 1.74. The molecular weight excluding hydrogens is 212 g/mol. The zero-order valence-corrected chi connectivity index (χ0v) is 9.18. The number of nitrogens with zero attached hydrogens (tertiary/aromatic N) is 4. The Bertz CT molecular complexity index is 488. The van der Waals surface area contributed by atoms with E-state index in [0.29, 0.717) is 11.6 Å². The van der Waals surface area contributed by atoms with Gasteiger partial charge in [-0.25, -0.2) is 0 Å². The molecule has 2 aromatic heterocycles. The Hall–Kier alpha value is -1.96. The van der Waals surface area contributed by atoms with Gasteiger partial charge >= 0.3 is 0 Å². The quantitative estimate of drug-likeness (QED) is 0.770. The molecule has 16 heavy (non-hydrogen) atoms. The molecule has 0 atom stereocenters. The Morgan fingerprint density at radius 3 is 2.69 bits per heavy atom. The Labute approximate surface area is 91.2 Å². The van der Waals surface area contributed by atoms with Crippen molar-refractivity contribution in [1.82, 2.24) is 25.3 Å². The van der Waals surface area contributed by atoms with Crippen molar-refractivity contribution in [3.63, 3.8) is 0 Å². The highest BCUT2D eigenvalue weighted by Gasteiger charge is 2.27. The topological polar surface area (TPSA) is 116 Å². The number of aromatic amines is 1. The lowest BCUT2D eigenvalue weighted by Crippen LogP contribution is -2.21. The molecular formula is C8H12N6O2. The van der Waals surface area contributed by atoms with Crippen molar-refractivity contribution in [3.8, 4) is 11.7 Å². The van der Waals surface area contributed by atoms with Gasteiger partial charge in [0.15, 0.2) is 0 Å². The molecule has 0 aliphatic rings. The van der Waals surface area contributed by atoms with Crippen molar-refractivity contribution in [3.05, 3.63) is 5.82 Å². The monoisotopic (exact) mass is 224 g/mol. The second kappa shape index (κ2) is 3.56. The lowest BCUT2D eigenvalue weighted by atomic mass is 10.1. The first kappa shape index (κ1) is 10.6. The molecule has 3 N–H and O–H groups in total. The van der Waals surface area contributed by atoms with Crippen LogP contribution in [0.1, 0.15) is 19.7 Å². The molecule has 0 saturated carbocycles. The number of anilines is 1. The maximum absolute atomic E-state index is 5.37. The predicted octanol–water partition coefficient (Wildman–Crippen LogP) is 0.318. The molecule has 8 nitrogen and oxygen atoms in total. The smallest absolute Gasteiger partial charge is 0.295 e. The lowest BCUT2D eigenvalue weighted by molar-refractivity contribution is 0.00973. The summed E-state index contributed by atoms with van der Waals surface area (Å²) in [6.45, 7) is 3.66. The number of nitrogens with one attached hydrogen (secondary N) is 1. The molecule has 2 heterocycles. The fourth-order valence-corrected chi connectivity index (χ4v) is 1.03. The van der Waals surface area contributed by atoms with E-state index in [9.17, 15) is 0 Å². The summed E-state index contributed by atoms with van der Waals surface area (Å²) in [6, 6.07) is 0. The summed E-state index contributed by atoms with van der Waals surface area (Å²) >= 11 is 0. The third-order valence-corrected chi connectivity index (χ3v) is 2.18. The molecule has 0 aliphatic heterocycles. The van der Waals surface area contributed by atoms with Crippen molar-refractivity contribution in [2.75, 3.05) is 12.8 Å². The summed E-state index contributed by atoms with van der Waals surface area (Å²) in [5.74, 6) is 1.12. The summed E-state index contributed by atoms with van der Waals surface area (Å²) in [5, 5.41) is 10.1. The molecule has 0 radical (unpaired) electrons. The van der Waals surface area contributed by atoms with Gasteiger partial charge in [0.25, 0.3) is 5.89 Å². The van der Waals surface area contributed by atoms with Gasteiger partial charge in [-0.3, -0.25) is 5.10 Å². The van der Waals surface area contributed by atoms with E-state index >= 15 is 0 Å². The molecule has 2 rings (SSSR count). The normalized spacial score (nSPS) is 11.9. The highest BCUT2D eigenvalue weighted by Crippen LogP contribution is 2.22. The Balaban J connectivity index is 2.33. The fourth-order valence-electron chi connectivity index (χ4n) is 1.03. The van der Waals surface area contributed by atoms with Gasteiger partial charge < -0.3 is 15.0 Å². The molecule has 0 fully saturated rings. The van der Waals surface area contributed by atoms with E-state index < -0.39 is 5.60 Å². The van der Waals surface area contributed by atoms with Crippen LogP contribution in [-0.4, -0.2) is 32.4 Å². The Morgan fingerprint density at radius 2 is 2.12 bits per heavy atom. The highest BCUT2D eigenvalue weighted by molar-refractivity contribution is 5.41. The van der Waals surface area contributed by atoms with Gasteiger partial charge in [0.05, 0.1) is 0 Å². The van der Waals surface area contributed by atoms with Crippen LogP contribution >= 0.6 is 0 Å². The number of hydrogen-bond donors (Lipinski definition) is 2. The number of H-pyrrole nitrogens is 1. The summed E-state index contributed by atoms with van der Waals surface area (Å²) in [5.41, 5.74) is 4.75. The molecule has 2 aromatic rings. The molecule has 0 aromatic carbocycles. The van der Waals surface area contributed by atoms with Crippen molar-refractivity contribution < 1.29 is 9.26 Å². The van der Waals surface area contributed by atoms with E-state index in [1.165, 1.54) is 0 Å². The van der Waals surface area contributed by atoms with Gasteiger partial charge in [0.2, 0.25) is 17.6 Å². The summed E-state index contributed by atoms with van der Waals surface area (Å²) in [6.07, 6.45) is 0. The summed E-state index contributed by atoms with van der Waals surface area (Å²) < 4.78 is 10.2. The Kier molecular flexibility index (Phi) is 2.35. The van der Waals surface area contributed by atoms with Gasteiger partial charge in [0.1, 0.15) is 5.60 Å². The average molecular weight is 224 g/mol. The van der Waals surface area contributed by atoms with Crippen molar-refractivity contribution in [2.45, 2.75) is 19.4 Å². The van der Waals surface area contributed by atoms with Crippen LogP contribution in [0.5, 0.6) is 0 Å². The van der Waals surface area contributed by atoms with Crippen LogP contribution in [0.3, 0.4) is 0 Å². The number of nitrogens with two attached hydrogens (primary N) is 1. The molecule has 86 valence electrons. The maximum atomic E-state index is 5.37. The molecule has 8 heteroatoms. The number of nitrogen functional groups attached to an aromatic ring is 1. The Morgan fingerprint density at radius 1 is 1.38 bits per heavy atom. The maximum Gasteiger partial charge on any atom is 0.295 e. The molecule has 0 amide bonds. The van der Waals surface area contributed by atoms with E-state index in [2.05, 4.69) is 25.3 Å². The van der Waals surface area contributed by atoms with Crippen LogP contribution < -0.4 is 5.73 Å². The second-order valence-corrected chi connectivity index (χ2v) is 3.68. The number of methoxy groups -OCH3 is 1. The first-order valence-electron chi connectivity index (χ1n) is 4.60. The minimum Gasteiger partial charge on any atom is -0.371 e. The second-order valence-electron chi connectivity index (χ2n) is 3.68. The van der Waals surface area contributed by atoms with Crippen LogP contribution in [0.15, 0.2) is 4.52 Å². The van der Waals surface area contributed by atoms with Gasteiger partial charge in [-0.2, -0.15) is 9.97 Å². The van der Waals surface area contributed by atoms with Gasteiger partial charge in [-0.15, -0.1) is 5.10 Å². The van der Waals surface area contributed by atoms with Crippen LogP contribution in [0, 0.1) is 0 Å². The standard InChI is InChI=1S/C8H12N6O2/c1-8(2,15-3)6-11-5(16-14-6)4-10-7(9)13-12-4/h1-3H3,(H3,9,10,12,13). The van der Waals surface area contributed by atoms with Crippen LogP contribution in [0.25, 0.3) is 11.7 Å². The zero-order valence-electron chi connectivity index (χ0n) is 9.18. The van der Waals surface area contributed by atoms with E-state index in [-0.39, 0.29) is 11.8 Å². The highest BCUT2D eigenvalue weighted by atomic mass is 16.5. The lowest BCUT2D eigenvalue weighted by Gasteiger charge is -2.17. The summed E-state index contributed by atoms with van der Waals surface area (Å²) in [4.78, 5) is 8.02. The zero-order chi connectivity index (χ0) is 11.8. The van der Waals surface area contributed by atoms with Crippen LogP contribution in [0.4, 0.5) is 5.95 Å². The number of hydrogen-bond acceptors (Lipinski definition) is 7. The van der Waals surface area contributed by atoms with Gasteiger partial charge in [-0.05, 0) is 13.8 Å². The van der Waals surface area contributed by atoms with Crippen LogP contribution in [-0.2, 0) is 10.3 Å². The predicted molar refractivity (Wildman–Crippen MR) is 54.1 cm³/mol. The first-order valence-corrected chi connectivity index (χ1v) is 4.60. The third-order valence-electron chi connectivity index (χ3n) is 2.18. The van der Waals surface area contributed by atoms with Gasteiger partial charge in [0, 0.05) is 7.11 Å². The molecule has 0 saturated heterocycles. The minimum atomic E-state index is -0.618. The first-order chi connectivity index (χ1) is 7.53. The van der Waals surface area contributed by atoms with Crippen molar-refractivity contribution >= 4 is 5.95 Å². The van der Waals surface area contributed by atoms with E-state index in [0.717, 1.165) is 0 Å². The van der Waals surface area contributed by atoms with Crippen molar-refractivity contribution in [1.29, 1.82) is 0 Å². The van der Waals surface area contributed by atoms with Crippen molar-refractivity contribution in [2.24, 2.45) is 0 Å². The van der Waals surface area contributed by atoms with Crippen LogP contribution in [0.2, 0.25) is 0 Å². The van der Waals surface area contributed by atoms with E-state index in [1.807, 2.05) is 13.8 Å². The molecule has 0 unspecified atom stereocenters. The van der Waals surface area contributed by atoms with E-state index in [4.69, 9.17) is 15.0 Å². The SMILES string of the molecule is COC(C)(C)c1noc(-c2nc(N)n[nH]2)n1. The van der Waals surface area contributed by atoms with E-state index in [1.54, 1.807) is 7.11 Å². The summed E-state index contributed by atoms with van der Waals surface area (Å²) in [7, 11) is 1.57. The van der Waals surface area contributed by atoms with Gasteiger partial charge in [-0.1, -0.05) is 5.16 Å². The minimum absolute atomic E-state index is 0.126.